The molecule has 1 aromatic carbocycles. The number of rotatable bonds is 2. The fourth-order valence-corrected chi connectivity index (χ4v) is 1.24. The second-order valence-corrected chi connectivity index (χ2v) is 3.97. The summed E-state index contributed by atoms with van der Waals surface area (Å²) >= 11 is 0. The molecule has 0 aliphatic heterocycles. The fraction of sp³-hybridized carbons (Fsp3) is 0.500. The maximum atomic E-state index is 2.28. The van der Waals surface area contributed by atoms with Crippen molar-refractivity contribution in [3.05, 3.63) is 29.3 Å². The Hall–Kier alpha value is -0.980. The van der Waals surface area contributed by atoms with Crippen LogP contribution in [0.5, 0.6) is 0 Å². The Kier molecular flexibility index (Phi) is 2.97. The van der Waals surface area contributed by atoms with E-state index in [0.717, 1.165) is 0 Å². The molecule has 0 aromatic heterocycles. The van der Waals surface area contributed by atoms with Gasteiger partial charge in [-0.2, -0.15) is 0 Å². The van der Waals surface area contributed by atoms with Crippen LogP contribution >= 0.6 is 0 Å². The standard InChI is InChI=1S/C12H19N/c1-9(2)13(5)12-7-6-10(3)11(4)8-12/h6-9H,1-5H3. The molecule has 0 atom stereocenters. The minimum Gasteiger partial charge on any atom is -0.372 e. The summed E-state index contributed by atoms with van der Waals surface area (Å²) in [5.74, 6) is 0. The van der Waals surface area contributed by atoms with Crippen molar-refractivity contribution in [1.82, 2.24) is 0 Å². The van der Waals surface area contributed by atoms with Crippen molar-refractivity contribution in [3.63, 3.8) is 0 Å². The molecule has 0 N–H and O–H groups in total. The van der Waals surface area contributed by atoms with Gasteiger partial charge in [-0.25, -0.2) is 0 Å². The Morgan fingerprint density at radius 3 is 2.15 bits per heavy atom. The normalized spacial score (nSPS) is 10.6. The van der Waals surface area contributed by atoms with Crippen LogP contribution in [0, 0.1) is 13.8 Å². The number of hydrogen-bond acceptors (Lipinski definition) is 1. The summed E-state index contributed by atoms with van der Waals surface area (Å²) in [6, 6.07) is 7.17. The summed E-state index contributed by atoms with van der Waals surface area (Å²) in [4.78, 5) is 2.28. The Morgan fingerprint density at radius 2 is 1.69 bits per heavy atom. The highest BCUT2D eigenvalue weighted by atomic mass is 15.1. The first-order valence-electron chi connectivity index (χ1n) is 4.82. The zero-order chi connectivity index (χ0) is 10.0. The minimum atomic E-state index is 0.558. The molecule has 0 unspecified atom stereocenters. The van der Waals surface area contributed by atoms with E-state index in [9.17, 15) is 0 Å². The van der Waals surface area contributed by atoms with Crippen molar-refractivity contribution in [1.29, 1.82) is 0 Å². The summed E-state index contributed by atoms with van der Waals surface area (Å²) < 4.78 is 0. The van der Waals surface area contributed by atoms with E-state index in [1.54, 1.807) is 0 Å². The molecular formula is C12H19N. The molecule has 72 valence electrons. The van der Waals surface area contributed by atoms with Gasteiger partial charge in [0, 0.05) is 18.8 Å². The molecular weight excluding hydrogens is 158 g/mol. The van der Waals surface area contributed by atoms with E-state index in [1.165, 1.54) is 16.8 Å². The molecule has 0 bridgehead atoms. The van der Waals surface area contributed by atoms with Crippen LogP contribution in [-0.4, -0.2) is 13.1 Å². The quantitative estimate of drug-likeness (QED) is 0.670. The summed E-state index contributed by atoms with van der Waals surface area (Å²) in [7, 11) is 2.13. The summed E-state index contributed by atoms with van der Waals surface area (Å²) in [5.41, 5.74) is 4.03. The van der Waals surface area contributed by atoms with E-state index < -0.39 is 0 Å². The van der Waals surface area contributed by atoms with Gasteiger partial charge in [0.25, 0.3) is 0 Å². The summed E-state index contributed by atoms with van der Waals surface area (Å²) in [6.07, 6.45) is 0. The van der Waals surface area contributed by atoms with Gasteiger partial charge in [0.1, 0.15) is 0 Å². The predicted molar refractivity (Wildman–Crippen MR) is 59.5 cm³/mol. The molecule has 0 saturated heterocycles. The van der Waals surface area contributed by atoms with Crippen LogP contribution in [0.2, 0.25) is 0 Å². The smallest absolute Gasteiger partial charge is 0.0368 e. The second-order valence-electron chi connectivity index (χ2n) is 3.97. The Labute approximate surface area is 81.4 Å². The average Bonchev–Trinajstić information content (AvgIpc) is 2.08. The molecule has 1 heteroatoms. The lowest BCUT2D eigenvalue weighted by molar-refractivity contribution is 0.754. The summed E-state index contributed by atoms with van der Waals surface area (Å²) in [5, 5.41) is 0. The van der Waals surface area contributed by atoms with Crippen molar-refractivity contribution < 1.29 is 0 Å². The van der Waals surface area contributed by atoms with Crippen molar-refractivity contribution >= 4 is 5.69 Å². The number of aryl methyl sites for hydroxylation is 2. The first kappa shape index (κ1) is 10.1. The molecule has 0 fully saturated rings. The van der Waals surface area contributed by atoms with Gasteiger partial charge in [-0.3, -0.25) is 0 Å². The van der Waals surface area contributed by atoms with Gasteiger partial charge >= 0.3 is 0 Å². The highest BCUT2D eigenvalue weighted by Crippen LogP contribution is 2.18. The second kappa shape index (κ2) is 3.82. The van der Waals surface area contributed by atoms with Gasteiger partial charge in [0.2, 0.25) is 0 Å². The van der Waals surface area contributed by atoms with Crippen molar-refractivity contribution in [2.75, 3.05) is 11.9 Å². The molecule has 13 heavy (non-hydrogen) atoms. The number of hydrogen-bond donors (Lipinski definition) is 0. The zero-order valence-electron chi connectivity index (χ0n) is 9.26. The van der Waals surface area contributed by atoms with Crippen molar-refractivity contribution in [3.8, 4) is 0 Å². The first-order valence-corrected chi connectivity index (χ1v) is 4.82. The van der Waals surface area contributed by atoms with Gasteiger partial charge < -0.3 is 4.90 Å². The molecule has 1 aromatic rings. The van der Waals surface area contributed by atoms with Gasteiger partial charge in [-0.15, -0.1) is 0 Å². The van der Waals surface area contributed by atoms with E-state index in [-0.39, 0.29) is 0 Å². The molecule has 0 aliphatic carbocycles. The molecule has 0 amide bonds. The van der Waals surface area contributed by atoms with E-state index >= 15 is 0 Å². The topological polar surface area (TPSA) is 3.24 Å². The lowest BCUT2D eigenvalue weighted by Gasteiger charge is -2.24. The van der Waals surface area contributed by atoms with E-state index in [1.807, 2.05) is 0 Å². The Bertz CT molecular complexity index is 289. The lowest BCUT2D eigenvalue weighted by atomic mass is 10.1. The maximum Gasteiger partial charge on any atom is 0.0368 e. The van der Waals surface area contributed by atoms with Crippen LogP contribution in [0.4, 0.5) is 5.69 Å². The highest BCUT2D eigenvalue weighted by molar-refractivity contribution is 5.50. The largest absolute Gasteiger partial charge is 0.372 e. The molecule has 0 saturated carbocycles. The van der Waals surface area contributed by atoms with E-state index in [2.05, 4.69) is 57.8 Å². The highest BCUT2D eigenvalue weighted by Gasteiger charge is 2.04. The summed E-state index contributed by atoms with van der Waals surface area (Å²) in [6.45, 7) is 8.71. The van der Waals surface area contributed by atoms with Crippen molar-refractivity contribution in [2.45, 2.75) is 33.7 Å². The van der Waals surface area contributed by atoms with Crippen molar-refractivity contribution in [2.24, 2.45) is 0 Å². The molecule has 0 radical (unpaired) electrons. The van der Waals surface area contributed by atoms with E-state index in [0.29, 0.717) is 6.04 Å². The number of nitrogens with zero attached hydrogens (tertiary/aromatic N) is 1. The maximum absolute atomic E-state index is 2.28. The first-order chi connectivity index (χ1) is 6.02. The van der Waals surface area contributed by atoms with Crippen LogP contribution in [0.15, 0.2) is 18.2 Å². The van der Waals surface area contributed by atoms with Crippen LogP contribution in [0.25, 0.3) is 0 Å². The van der Waals surface area contributed by atoms with Gasteiger partial charge in [0.15, 0.2) is 0 Å². The van der Waals surface area contributed by atoms with E-state index in [4.69, 9.17) is 0 Å². The average molecular weight is 177 g/mol. The number of benzene rings is 1. The van der Waals surface area contributed by atoms with Crippen LogP contribution < -0.4 is 4.90 Å². The Morgan fingerprint density at radius 1 is 1.08 bits per heavy atom. The van der Waals surface area contributed by atoms with Gasteiger partial charge in [0.05, 0.1) is 0 Å². The molecule has 0 spiro atoms. The van der Waals surface area contributed by atoms with Crippen LogP contribution in [0.3, 0.4) is 0 Å². The number of anilines is 1. The lowest BCUT2D eigenvalue weighted by Crippen LogP contribution is -2.25. The minimum absolute atomic E-state index is 0.558. The fourth-order valence-electron chi connectivity index (χ4n) is 1.24. The zero-order valence-corrected chi connectivity index (χ0v) is 9.26. The molecule has 1 rings (SSSR count). The predicted octanol–water partition coefficient (Wildman–Crippen LogP) is 3.15. The Balaban J connectivity index is 2.97. The SMILES string of the molecule is Cc1ccc(N(C)C(C)C)cc1C. The molecule has 0 aliphatic rings. The molecule has 0 heterocycles. The third kappa shape index (κ3) is 2.24. The van der Waals surface area contributed by atoms with Gasteiger partial charge in [-0.05, 0) is 51.0 Å². The van der Waals surface area contributed by atoms with Crippen LogP contribution in [0.1, 0.15) is 25.0 Å². The molecule has 1 nitrogen and oxygen atoms in total. The van der Waals surface area contributed by atoms with Gasteiger partial charge in [-0.1, -0.05) is 6.07 Å². The third-order valence-electron chi connectivity index (χ3n) is 2.67. The van der Waals surface area contributed by atoms with Crippen LogP contribution in [-0.2, 0) is 0 Å². The monoisotopic (exact) mass is 177 g/mol. The third-order valence-corrected chi connectivity index (χ3v) is 2.67.